The highest BCUT2D eigenvalue weighted by atomic mass is 19.1. The molecule has 0 unspecified atom stereocenters. The van der Waals surface area contributed by atoms with Gasteiger partial charge in [0.1, 0.15) is 24.8 Å². The molecule has 104 valence electrons. The van der Waals surface area contributed by atoms with Gasteiger partial charge in [0.05, 0.1) is 0 Å². The van der Waals surface area contributed by atoms with Gasteiger partial charge in [-0.25, -0.2) is 13.6 Å². The van der Waals surface area contributed by atoms with E-state index in [0.29, 0.717) is 0 Å². The van der Waals surface area contributed by atoms with Gasteiger partial charge in [-0.1, -0.05) is 36.4 Å². The van der Waals surface area contributed by atoms with Crippen molar-refractivity contribution in [2.45, 2.75) is 13.2 Å². The third-order valence-electron chi connectivity index (χ3n) is 2.61. The summed E-state index contributed by atoms with van der Waals surface area (Å²) in [6.45, 7) is -0.467. The van der Waals surface area contributed by atoms with Gasteiger partial charge in [0.15, 0.2) is 0 Å². The Balaban J connectivity index is 1.82. The fourth-order valence-corrected chi connectivity index (χ4v) is 1.55. The number of benzene rings is 2. The molecule has 2 aromatic carbocycles. The summed E-state index contributed by atoms with van der Waals surface area (Å²) in [6.07, 6.45) is -0.975. The van der Waals surface area contributed by atoms with Crippen LogP contribution >= 0.6 is 0 Å². The number of ether oxygens (including phenoxy) is 2. The van der Waals surface area contributed by atoms with Crippen LogP contribution in [0.1, 0.15) is 11.1 Å². The quantitative estimate of drug-likeness (QED) is 0.798. The molecule has 0 aromatic heterocycles. The average Bonchev–Trinajstić information content (AvgIpc) is 2.45. The van der Waals surface area contributed by atoms with E-state index in [2.05, 4.69) is 0 Å². The fraction of sp³-hybridized carbons (Fsp3) is 0.133. The Bertz CT molecular complexity index is 548. The maximum absolute atomic E-state index is 13.3. The first-order chi connectivity index (χ1) is 9.66. The maximum Gasteiger partial charge on any atom is 0.508 e. The summed E-state index contributed by atoms with van der Waals surface area (Å²) in [5.41, 5.74) is 0.491. The predicted octanol–water partition coefficient (Wildman–Crippen LogP) is 3.82. The molecule has 0 N–H and O–H groups in total. The van der Waals surface area contributed by atoms with E-state index in [1.165, 1.54) is 36.4 Å². The van der Waals surface area contributed by atoms with E-state index in [1.807, 2.05) is 0 Å². The third-order valence-corrected chi connectivity index (χ3v) is 2.61. The molecule has 0 aliphatic carbocycles. The van der Waals surface area contributed by atoms with Crippen molar-refractivity contribution in [3.63, 3.8) is 0 Å². The second-order valence-corrected chi connectivity index (χ2v) is 4.01. The molecule has 0 aliphatic rings. The molecule has 0 saturated heterocycles. The summed E-state index contributed by atoms with van der Waals surface area (Å²) in [4.78, 5) is 11.3. The number of halogens is 2. The van der Waals surface area contributed by atoms with Crippen LogP contribution in [0.15, 0.2) is 48.5 Å². The van der Waals surface area contributed by atoms with Gasteiger partial charge in [-0.3, -0.25) is 0 Å². The molecular weight excluding hydrogens is 266 g/mol. The van der Waals surface area contributed by atoms with Crippen LogP contribution in [0.4, 0.5) is 13.6 Å². The Hall–Kier alpha value is -2.43. The topological polar surface area (TPSA) is 35.5 Å². The van der Waals surface area contributed by atoms with E-state index in [9.17, 15) is 13.6 Å². The van der Waals surface area contributed by atoms with E-state index < -0.39 is 17.8 Å². The molecule has 0 amide bonds. The van der Waals surface area contributed by atoms with Crippen molar-refractivity contribution in [3.8, 4) is 0 Å². The Morgan fingerprint density at radius 2 is 1.20 bits per heavy atom. The molecule has 2 aromatic rings. The number of rotatable bonds is 4. The van der Waals surface area contributed by atoms with Crippen molar-refractivity contribution in [2.75, 3.05) is 0 Å². The first-order valence-electron chi connectivity index (χ1n) is 5.93. The van der Waals surface area contributed by atoms with Gasteiger partial charge in [0.25, 0.3) is 0 Å². The molecule has 20 heavy (non-hydrogen) atoms. The first kappa shape index (κ1) is 14.0. The van der Waals surface area contributed by atoms with Crippen LogP contribution < -0.4 is 0 Å². The van der Waals surface area contributed by atoms with Crippen molar-refractivity contribution in [1.29, 1.82) is 0 Å². The van der Waals surface area contributed by atoms with Gasteiger partial charge in [-0.05, 0) is 12.1 Å². The van der Waals surface area contributed by atoms with Crippen LogP contribution in [0.5, 0.6) is 0 Å². The first-order valence-corrected chi connectivity index (χ1v) is 5.93. The normalized spacial score (nSPS) is 10.1. The minimum Gasteiger partial charge on any atom is -0.429 e. The van der Waals surface area contributed by atoms with Crippen molar-refractivity contribution in [3.05, 3.63) is 71.3 Å². The van der Waals surface area contributed by atoms with Crippen LogP contribution in [0.2, 0.25) is 0 Å². The number of hydrogen-bond acceptors (Lipinski definition) is 3. The SMILES string of the molecule is O=C(OCc1ccccc1F)OCc1ccccc1F. The molecule has 0 bridgehead atoms. The molecule has 3 nitrogen and oxygen atoms in total. The van der Waals surface area contributed by atoms with Gasteiger partial charge >= 0.3 is 6.16 Å². The number of hydrogen-bond donors (Lipinski definition) is 0. The molecule has 0 atom stereocenters. The second kappa shape index (κ2) is 6.65. The van der Waals surface area contributed by atoms with E-state index in [0.717, 1.165) is 0 Å². The van der Waals surface area contributed by atoms with E-state index >= 15 is 0 Å². The zero-order chi connectivity index (χ0) is 14.4. The van der Waals surface area contributed by atoms with Crippen LogP contribution in [0.3, 0.4) is 0 Å². The van der Waals surface area contributed by atoms with Crippen molar-refractivity contribution in [2.24, 2.45) is 0 Å². The molecule has 0 saturated carbocycles. The highest BCUT2D eigenvalue weighted by molar-refractivity contribution is 5.60. The average molecular weight is 278 g/mol. The number of carbonyl (C=O) groups excluding carboxylic acids is 1. The monoisotopic (exact) mass is 278 g/mol. The Kier molecular flexibility index (Phi) is 4.65. The standard InChI is InChI=1S/C15H12F2O3/c16-13-7-3-1-5-11(13)9-19-15(18)20-10-12-6-2-4-8-14(12)17/h1-8H,9-10H2. The van der Waals surface area contributed by atoms with Gasteiger partial charge in [0, 0.05) is 11.1 Å². The third kappa shape index (κ3) is 3.78. The summed E-state index contributed by atoms with van der Waals surface area (Å²) in [5.74, 6) is -0.927. The van der Waals surface area contributed by atoms with Crippen molar-refractivity contribution in [1.82, 2.24) is 0 Å². The van der Waals surface area contributed by atoms with Crippen LogP contribution in [-0.2, 0) is 22.7 Å². The summed E-state index contributed by atoms with van der Waals surface area (Å²) in [5, 5.41) is 0. The minimum absolute atomic E-state index is 0.233. The zero-order valence-electron chi connectivity index (χ0n) is 10.5. The number of carbonyl (C=O) groups is 1. The molecule has 0 spiro atoms. The molecule has 0 fully saturated rings. The Labute approximate surface area is 114 Å². The summed E-state index contributed by atoms with van der Waals surface area (Å²) in [7, 11) is 0. The summed E-state index contributed by atoms with van der Waals surface area (Å²) in [6, 6.07) is 11.9. The molecule has 0 heterocycles. The van der Waals surface area contributed by atoms with E-state index in [-0.39, 0.29) is 24.3 Å². The van der Waals surface area contributed by atoms with Gasteiger partial charge < -0.3 is 9.47 Å². The lowest BCUT2D eigenvalue weighted by atomic mass is 10.2. The van der Waals surface area contributed by atoms with Crippen LogP contribution in [0, 0.1) is 11.6 Å². The maximum atomic E-state index is 13.3. The van der Waals surface area contributed by atoms with Crippen LogP contribution in [-0.4, -0.2) is 6.16 Å². The minimum atomic E-state index is -0.975. The van der Waals surface area contributed by atoms with Crippen molar-refractivity contribution >= 4 is 6.16 Å². The highest BCUT2D eigenvalue weighted by Gasteiger charge is 2.09. The Morgan fingerprint density at radius 1 is 0.800 bits per heavy atom. The predicted molar refractivity (Wildman–Crippen MR) is 67.8 cm³/mol. The summed E-state index contributed by atoms with van der Waals surface area (Å²) >= 11 is 0. The van der Waals surface area contributed by atoms with Gasteiger partial charge in [-0.2, -0.15) is 0 Å². The lowest BCUT2D eigenvalue weighted by Gasteiger charge is -2.07. The fourth-order valence-electron chi connectivity index (χ4n) is 1.55. The Morgan fingerprint density at radius 3 is 1.60 bits per heavy atom. The second-order valence-electron chi connectivity index (χ2n) is 4.01. The smallest absolute Gasteiger partial charge is 0.429 e. The van der Waals surface area contributed by atoms with E-state index in [4.69, 9.17) is 9.47 Å². The van der Waals surface area contributed by atoms with Gasteiger partial charge in [0.2, 0.25) is 0 Å². The van der Waals surface area contributed by atoms with Crippen molar-refractivity contribution < 1.29 is 23.0 Å². The highest BCUT2D eigenvalue weighted by Crippen LogP contribution is 2.10. The zero-order valence-corrected chi connectivity index (χ0v) is 10.5. The van der Waals surface area contributed by atoms with Gasteiger partial charge in [-0.15, -0.1) is 0 Å². The van der Waals surface area contributed by atoms with E-state index in [1.54, 1.807) is 12.1 Å². The summed E-state index contributed by atoms with van der Waals surface area (Å²) < 4.78 is 36.0. The molecule has 0 radical (unpaired) electrons. The molecule has 5 heteroatoms. The lowest BCUT2D eigenvalue weighted by molar-refractivity contribution is 0.0434. The van der Waals surface area contributed by atoms with Crippen LogP contribution in [0.25, 0.3) is 0 Å². The molecular formula is C15H12F2O3. The molecule has 2 rings (SSSR count). The molecule has 0 aliphatic heterocycles. The lowest BCUT2D eigenvalue weighted by Crippen LogP contribution is -2.08. The largest absolute Gasteiger partial charge is 0.508 e.